The predicted molar refractivity (Wildman–Crippen MR) is 196 cm³/mol. The fourth-order valence-electron chi connectivity index (χ4n) is 7.86. The number of ether oxygens (including phenoxy) is 1. The largest absolute Gasteiger partial charge is 0.489 e. The minimum Gasteiger partial charge on any atom is -0.489 e. The first-order valence-corrected chi connectivity index (χ1v) is 17.9. The van der Waals surface area contributed by atoms with Crippen molar-refractivity contribution < 1.29 is 24.2 Å². The van der Waals surface area contributed by atoms with Gasteiger partial charge in [0.05, 0.1) is 17.8 Å². The summed E-state index contributed by atoms with van der Waals surface area (Å²) in [5.41, 5.74) is 6.80. The number of hydrogen-bond acceptors (Lipinski definition) is 6. The average Bonchev–Trinajstić information content (AvgIpc) is 3.42. The van der Waals surface area contributed by atoms with Crippen molar-refractivity contribution in [3.63, 3.8) is 0 Å². The van der Waals surface area contributed by atoms with Crippen LogP contribution in [0, 0.1) is 0 Å². The Kier molecular flexibility index (Phi) is 10.8. The predicted octanol–water partition coefficient (Wildman–Crippen LogP) is 5.74. The molecule has 1 unspecified atom stereocenters. The van der Waals surface area contributed by atoms with Gasteiger partial charge in [-0.15, -0.1) is 0 Å². The van der Waals surface area contributed by atoms with Crippen molar-refractivity contribution in [1.82, 2.24) is 24.2 Å². The molecule has 1 aliphatic heterocycles. The van der Waals surface area contributed by atoms with Crippen molar-refractivity contribution in [3.05, 3.63) is 77.0 Å². The molecule has 1 N–H and O–H groups in total. The highest BCUT2D eigenvalue weighted by Gasteiger charge is 2.30. The molecule has 1 atom stereocenters. The van der Waals surface area contributed by atoms with Gasteiger partial charge in [0.2, 0.25) is 11.8 Å². The van der Waals surface area contributed by atoms with E-state index < -0.39 is 5.97 Å². The van der Waals surface area contributed by atoms with Crippen LogP contribution in [0.1, 0.15) is 67.3 Å². The Morgan fingerprint density at radius 3 is 2.28 bits per heavy atom. The van der Waals surface area contributed by atoms with Crippen molar-refractivity contribution in [2.24, 2.45) is 7.05 Å². The molecule has 0 bridgehead atoms. The van der Waals surface area contributed by atoms with E-state index in [0.717, 1.165) is 84.6 Å². The highest BCUT2D eigenvalue weighted by atomic mass is 16.5. The molecule has 0 radical (unpaired) electrons. The third-order valence-corrected chi connectivity index (χ3v) is 10.9. The Morgan fingerprint density at radius 2 is 1.64 bits per heavy atom. The van der Waals surface area contributed by atoms with E-state index in [9.17, 15) is 19.5 Å². The number of hydrogen-bond donors (Lipinski definition) is 1. The molecule has 6 rings (SSSR count). The zero-order chi connectivity index (χ0) is 35.5. The second kappa shape index (κ2) is 15.2. The number of aromatic nitrogens is 1. The Labute approximate surface area is 295 Å². The van der Waals surface area contributed by atoms with Gasteiger partial charge >= 0.3 is 5.97 Å². The molecule has 2 fully saturated rings. The van der Waals surface area contributed by atoms with Crippen LogP contribution in [-0.2, 0) is 16.6 Å². The number of aromatic carboxylic acids is 1. The van der Waals surface area contributed by atoms with Crippen LogP contribution in [0.3, 0.4) is 0 Å². The summed E-state index contributed by atoms with van der Waals surface area (Å²) < 4.78 is 8.63. The number of likely N-dealkylation sites (N-methyl/N-ethyl adjacent to an activating group) is 2. The Bertz CT molecular complexity index is 1790. The summed E-state index contributed by atoms with van der Waals surface area (Å²) in [5, 5.41) is 10.8. The zero-order valence-corrected chi connectivity index (χ0v) is 30.2. The van der Waals surface area contributed by atoms with Gasteiger partial charge in [-0.1, -0.05) is 31.4 Å². The topological polar surface area (TPSA) is 98.6 Å². The van der Waals surface area contributed by atoms with Crippen LogP contribution in [0.25, 0.3) is 22.2 Å². The van der Waals surface area contributed by atoms with Gasteiger partial charge in [0, 0.05) is 83.9 Å². The lowest BCUT2D eigenvalue weighted by molar-refractivity contribution is -0.130. The summed E-state index contributed by atoms with van der Waals surface area (Å²) in [4.78, 5) is 44.4. The summed E-state index contributed by atoms with van der Waals surface area (Å²) in [7, 11) is 7.44. The molecule has 1 saturated heterocycles. The second-order valence-electron chi connectivity index (χ2n) is 14.3. The first kappa shape index (κ1) is 35.4. The van der Waals surface area contributed by atoms with Gasteiger partial charge in [-0.3, -0.25) is 19.4 Å². The number of carbonyl (C=O) groups excluding carboxylic acids is 2. The third kappa shape index (κ3) is 7.51. The number of benzene rings is 2. The van der Waals surface area contributed by atoms with Crippen LogP contribution >= 0.6 is 0 Å². The van der Waals surface area contributed by atoms with Gasteiger partial charge in [0.15, 0.2) is 0 Å². The van der Waals surface area contributed by atoms with Crippen LogP contribution in [-0.4, -0.2) is 114 Å². The number of piperazine rings is 1. The number of nitrogens with zero attached hydrogens (tertiary/aromatic N) is 5. The number of carboxylic acid groups (broad SMARTS) is 1. The molecule has 1 saturated carbocycles. The summed E-state index contributed by atoms with van der Waals surface area (Å²) >= 11 is 0. The van der Waals surface area contributed by atoms with E-state index in [1.54, 1.807) is 50.0 Å². The molecule has 10 nitrogen and oxygen atoms in total. The van der Waals surface area contributed by atoms with E-state index in [-0.39, 0.29) is 17.9 Å². The quantitative estimate of drug-likeness (QED) is 0.292. The first-order chi connectivity index (χ1) is 24.0. The van der Waals surface area contributed by atoms with Crippen molar-refractivity contribution in [3.8, 4) is 17.0 Å². The molecular weight excluding hydrogens is 630 g/mol. The maximum atomic E-state index is 12.3. The minimum absolute atomic E-state index is 0.0129. The van der Waals surface area contributed by atoms with Crippen molar-refractivity contribution in [2.45, 2.75) is 57.4 Å². The molecule has 0 spiro atoms. The molecule has 3 aliphatic rings. The van der Waals surface area contributed by atoms with Gasteiger partial charge in [0.25, 0.3) is 0 Å². The van der Waals surface area contributed by atoms with Crippen LogP contribution in [0.4, 0.5) is 0 Å². The fourth-order valence-corrected chi connectivity index (χ4v) is 7.86. The lowest BCUT2D eigenvalue weighted by Crippen LogP contribution is -2.53. The van der Waals surface area contributed by atoms with E-state index in [0.29, 0.717) is 24.6 Å². The lowest BCUT2D eigenvalue weighted by atomic mass is 9.82. The van der Waals surface area contributed by atoms with Crippen LogP contribution < -0.4 is 4.74 Å². The van der Waals surface area contributed by atoms with Crippen molar-refractivity contribution >= 4 is 28.7 Å². The van der Waals surface area contributed by atoms with Crippen LogP contribution in [0.2, 0.25) is 0 Å². The van der Waals surface area contributed by atoms with Gasteiger partial charge in [-0.2, -0.15) is 0 Å². The Morgan fingerprint density at radius 1 is 0.940 bits per heavy atom. The molecular formula is C40H51N5O5. The monoisotopic (exact) mass is 681 g/mol. The number of amides is 2. The summed E-state index contributed by atoms with van der Waals surface area (Å²) in [6, 6.07) is 14.0. The number of carboxylic acids is 1. The maximum absolute atomic E-state index is 12.3. The molecule has 2 aromatic carbocycles. The van der Waals surface area contributed by atoms with Gasteiger partial charge in [-0.25, -0.2) is 4.79 Å². The average molecular weight is 682 g/mol. The highest BCUT2D eigenvalue weighted by Crippen LogP contribution is 2.44. The van der Waals surface area contributed by atoms with E-state index in [1.807, 2.05) is 25.2 Å². The fraction of sp³-hybridized carbons (Fsp3) is 0.475. The molecule has 2 aliphatic carbocycles. The minimum atomic E-state index is -0.917. The standard InChI is InChI=1S/C40H51N5O5/c1-27(46)42(4)32-14-18-35(45-21-19-44(20-22-45)25-37(47)41(2)3)31(23-32)26-50-33-15-11-29(12-16-33)39-38(28-9-7-6-8-10-28)34-17-13-30(40(48)49)24-36(34)43(39)5/h11-17,23-24,28,35H,6-10,18-22,25-26H2,1-5H3,(H,48,49). The molecule has 266 valence electrons. The van der Waals surface area contributed by atoms with Gasteiger partial charge in [0.1, 0.15) is 12.4 Å². The number of fused-ring (bicyclic) bond motifs is 1. The van der Waals surface area contributed by atoms with Gasteiger partial charge in [-0.05, 0) is 84.4 Å². The van der Waals surface area contributed by atoms with E-state index in [4.69, 9.17) is 4.74 Å². The van der Waals surface area contributed by atoms with Gasteiger partial charge < -0.3 is 24.2 Å². The highest BCUT2D eigenvalue weighted by molar-refractivity contribution is 5.98. The molecule has 2 heterocycles. The van der Waals surface area contributed by atoms with E-state index in [1.165, 1.54) is 24.8 Å². The second-order valence-corrected chi connectivity index (χ2v) is 14.3. The number of aryl methyl sites for hydroxylation is 1. The number of carbonyl (C=O) groups is 3. The third-order valence-electron chi connectivity index (χ3n) is 10.9. The number of rotatable bonds is 10. The SMILES string of the molecule is CC(=O)N(C)C1=CCC(N2CCN(CC(=O)N(C)C)CC2)C(COc2ccc(-c3c(C4CCCCC4)c4ccc(C(=O)O)cc4n3C)cc2)=C1. The first-order valence-electron chi connectivity index (χ1n) is 17.9. The summed E-state index contributed by atoms with van der Waals surface area (Å²) in [6.07, 6.45) is 11.0. The van der Waals surface area contributed by atoms with Crippen molar-refractivity contribution in [2.75, 3.05) is 60.5 Å². The molecule has 10 heteroatoms. The van der Waals surface area contributed by atoms with Crippen molar-refractivity contribution in [1.29, 1.82) is 0 Å². The van der Waals surface area contributed by atoms with E-state index >= 15 is 0 Å². The number of allylic oxidation sites excluding steroid dienone is 1. The Balaban J connectivity index is 1.22. The Hall–Kier alpha value is -4.41. The molecule has 1 aromatic heterocycles. The maximum Gasteiger partial charge on any atom is 0.335 e. The zero-order valence-electron chi connectivity index (χ0n) is 30.2. The summed E-state index contributed by atoms with van der Waals surface area (Å²) in [5.74, 6) is 0.396. The molecule has 50 heavy (non-hydrogen) atoms. The van der Waals surface area contributed by atoms with Crippen LogP contribution in [0.5, 0.6) is 5.75 Å². The molecule has 3 aromatic rings. The molecule has 2 amide bonds. The van der Waals surface area contributed by atoms with E-state index in [2.05, 4.69) is 38.7 Å². The smallest absolute Gasteiger partial charge is 0.335 e. The van der Waals surface area contributed by atoms with Crippen LogP contribution in [0.15, 0.2) is 65.9 Å². The lowest BCUT2D eigenvalue weighted by Gasteiger charge is -2.41. The normalized spacial score (nSPS) is 19.2. The summed E-state index contributed by atoms with van der Waals surface area (Å²) in [6.45, 7) is 5.76.